The van der Waals surface area contributed by atoms with Crippen LogP contribution in [0.2, 0.25) is 0 Å². The van der Waals surface area contributed by atoms with Crippen LogP contribution in [0.1, 0.15) is 45.8 Å². The van der Waals surface area contributed by atoms with Gasteiger partial charge in [-0.3, -0.25) is 4.79 Å². The Morgan fingerprint density at radius 2 is 2.11 bits per heavy atom. The number of hydrogen-bond donors (Lipinski definition) is 1. The van der Waals surface area contributed by atoms with Crippen molar-refractivity contribution in [1.82, 2.24) is 5.32 Å². The molecule has 104 valence electrons. The lowest BCUT2D eigenvalue weighted by atomic mass is 9.95. The highest BCUT2D eigenvalue weighted by atomic mass is 35.5. The maximum atomic E-state index is 12.3. The van der Waals surface area contributed by atoms with Crippen LogP contribution in [0, 0.1) is 0 Å². The number of thioether (sulfide) groups is 1. The van der Waals surface area contributed by atoms with Crippen LogP contribution in [0.15, 0.2) is 6.07 Å². The van der Waals surface area contributed by atoms with Gasteiger partial charge in [0.1, 0.15) is 0 Å². The number of aryl methyl sites for hydroxylation is 1. The Balaban J connectivity index is 1.62. The second-order valence-electron chi connectivity index (χ2n) is 5.28. The summed E-state index contributed by atoms with van der Waals surface area (Å²) in [5.41, 5.74) is 1.37. The van der Waals surface area contributed by atoms with Gasteiger partial charge in [0.25, 0.3) is 5.91 Å². The first kappa shape index (κ1) is 13.8. The summed E-state index contributed by atoms with van der Waals surface area (Å²) in [4.78, 5) is 14.6. The molecule has 0 saturated heterocycles. The van der Waals surface area contributed by atoms with Crippen LogP contribution in [0.25, 0.3) is 0 Å². The minimum atomic E-state index is 0.113. The van der Waals surface area contributed by atoms with Gasteiger partial charge in [0.05, 0.1) is 4.88 Å². The van der Waals surface area contributed by atoms with E-state index < -0.39 is 0 Å². The van der Waals surface area contributed by atoms with Crippen molar-refractivity contribution in [3.8, 4) is 0 Å². The van der Waals surface area contributed by atoms with Crippen molar-refractivity contribution in [2.45, 2.75) is 49.3 Å². The molecular formula is C14H18ClNOS2. The molecule has 1 aliphatic heterocycles. The van der Waals surface area contributed by atoms with Crippen molar-refractivity contribution in [1.29, 1.82) is 0 Å². The van der Waals surface area contributed by atoms with Crippen LogP contribution < -0.4 is 5.32 Å². The second kappa shape index (κ2) is 6.06. The van der Waals surface area contributed by atoms with Gasteiger partial charge < -0.3 is 5.32 Å². The fraction of sp³-hybridized carbons (Fsp3) is 0.643. The summed E-state index contributed by atoms with van der Waals surface area (Å²) in [5.74, 6) is 2.37. The highest BCUT2D eigenvalue weighted by Gasteiger charge is 2.23. The van der Waals surface area contributed by atoms with E-state index in [1.54, 1.807) is 11.3 Å². The molecule has 1 aromatic rings. The molecule has 1 N–H and O–H groups in total. The van der Waals surface area contributed by atoms with Crippen LogP contribution in [0.5, 0.6) is 0 Å². The summed E-state index contributed by atoms with van der Waals surface area (Å²) in [6, 6.07) is 2.41. The molecule has 2 nitrogen and oxygen atoms in total. The Bertz CT molecular complexity index is 443. The Kier molecular flexibility index (Phi) is 4.40. The Hall–Kier alpha value is -0.190. The molecule has 19 heavy (non-hydrogen) atoms. The molecule has 0 atom stereocenters. The fourth-order valence-electron chi connectivity index (χ4n) is 2.71. The Labute approximate surface area is 127 Å². The second-order valence-corrected chi connectivity index (χ2v) is 8.14. The zero-order valence-corrected chi connectivity index (χ0v) is 13.2. The van der Waals surface area contributed by atoms with E-state index in [0.717, 1.165) is 42.7 Å². The Morgan fingerprint density at radius 3 is 2.84 bits per heavy atom. The van der Waals surface area contributed by atoms with Crippen LogP contribution >= 0.6 is 34.7 Å². The van der Waals surface area contributed by atoms with Crippen molar-refractivity contribution in [2.75, 3.05) is 5.75 Å². The smallest absolute Gasteiger partial charge is 0.261 e. The number of hydrogen-bond acceptors (Lipinski definition) is 3. The summed E-state index contributed by atoms with van der Waals surface area (Å²) >= 11 is 9.73. The van der Waals surface area contributed by atoms with Gasteiger partial charge in [-0.2, -0.15) is 11.8 Å². The van der Waals surface area contributed by atoms with Crippen molar-refractivity contribution in [2.24, 2.45) is 0 Å². The number of nitrogens with one attached hydrogen (secondary N) is 1. The topological polar surface area (TPSA) is 29.1 Å². The van der Waals surface area contributed by atoms with E-state index in [4.69, 9.17) is 11.6 Å². The lowest BCUT2D eigenvalue weighted by molar-refractivity contribution is 0.0932. The number of amides is 1. The van der Waals surface area contributed by atoms with Gasteiger partial charge in [0.15, 0.2) is 0 Å². The van der Waals surface area contributed by atoms with Crippen LogP contribution in [-0.2, 0) is 12.2 Å². The number of thiophene rings is 1. The van der Waals surface area contributed by atoms with Gasteiger partial charge in [-0.15, -0.1) is 22.9 Å². The predicted molar refractivity (Wildman–Crippen MR) is 83.5 cm³/mol. The SMILES string of the molecule is O=C(NC1CCC(Cl)CC1)c1cc2c(s1)CCSC2. The van der Waals surface area contributed by atoms with Gasteiger partial charge in [-0.1, -0.05) is 0 Å². The van der Waals surface area contributed by atoms with E-state index >= 15 is 0 Å². The minimum absolute atomic E-state index is 0.113. The number of rotatable bonds is 2. The van der Waals surface area contributed by atoms with Gasteiger partial charge in [0.2, 0.25) is 0 Å². The molecule has 1 amide bonds. The van der Waals surface area contributed by atoms with E-state index in [1.165, 1.54) is 16.2 Å². The molecule has 2 heterocycles. The largest absolute Gasteiger partial charge is 0.349 e. The third-order valence-corrected chi connectivity index (χ3v) is 6.52. The first-order chi connectivity index (χ1) is 9.22. The highest BCUT2D eigenvalue weighted by Crippen LogP contribution is 2.32. The summed E-state index contributed by atoms with van der Waals surface area (Å²) < 4.78 is 0. The average Bonchev–Trinajstić information content (AvgIpc) is 2.85. The van der Waals surface area contributed by atoms with Crippen LogP contribution in [0.3, 0.4) is 0 Å². The first-order valence-electron chi connectivity index (χ1n) is 6.86. The maximum Gasteiger partial charge on any atom is 0.261 e. The van der Waals surface area contributed by atoms with Crippen molar-refractivity contribution in [3.63, 3.8) is 0 Å². The number of fused-ring (bicyclic) bond motifs is 1. The van der Waals surface area contributed by atoms with Crippen LogP contribution in [0.4, 0.5) is 0 Å². The number of alkyl halides is 1. The molecule has 1 aliphatic carbocycles. The molecule has 0 radical (unpaired) electrons. The zero-order valence-electron chi connectivity index (χ0n) is 10.8. The third kappa shape index (κ3) is 3.29. The van der Waals surface area contributed by atoms with E-state index in [1.807, 2.05) is 11.8 Å². The lowest BCUT2D eigenvalue weighted by Gasteiger charge is -2.25. The lowest BCUT2D eigenvalue weighted by Crippen LogP contribution is -2.37. The monoisotopic (exact) mass is 315 g/mol. The quantitative estimate of drug-likeness (QED) is 0.841. The summed E-state index contributed by atoms with van der Waals surface area (Å²) in [6.07, 6.45) is 5.19. The summed E-state index contributed by atoms with van der Waals surface area (Å²) in [6.45, 7) is 0. The van der Waals surface area contributed by atoms with E-state index in [9.17, 15) is 4.79 Å². The molecule has 1 aromatic heterocycles. The molecular weight excluding hydrogens is 298 g/mol. The van der Waals surface area contributed by atoms with E-state index in [0.29, 0.717) is 11.4 Å². The highest BCUT2D eigenvalue weighted by molar-refractivity contribution is 7.98. The summed E-state index contributed by atoms with van der Waals surface area (Å²) in [7, 11) is 0. The average molecular weight is 316 g/mol. The minimum Gasteiger partial charge on any atom is -0.349 e. The standard InChI is InChI=1S/C14H18ClNOS2/c15-10-1-3-11(4-2-10)16-14(17)13-7-9-8-18-6-5-12(9)19-13/h7,10-11H,1-6,8H2,(H,16,17). The fourth-order valence-corrected chi connectivity index (χ4v) is 5.24. The molecule has 3 rings (SSSR count). The molecule has 0 spiro atoms. The molecule has 0 aromatic carbocycles. The molecule has 0 bridgehead atoms. The van der Waals surface area contributed by atoms with Gasteiger partial charge in [-0.25, -0.2) is 0 Å². The summed E-state index contributed by atoms with van der Waals surface area (Å²) in [5, 5.41) is 3.48. The number of carbonyl (C=O) groups is 1. The number of carbonyl (C=O) groups excluding carboxylic acids is 1. The van der Waals surface area contributed by atoms with Gasteiger partial charge >= 0.3 is 0 Å². The van der Waals surface area contributed by atoms with E-state index in [-0.39, 0.29) is 5.91 Å². The third-order valence-electron chi connectivity index (χ3n) is 3.84. The first-order valence-corrected chi connectivity index (χ1v) is 9.27. The maximum absolute atomic E-state index is 12.3. The molecule has 5 heteroatoms. The van der Waals surface area contributed by atoms with Crippen molar-refractivity contribution >= 4 is 40.6 Å². The van der Waals surface area contributed by atoms with Crippen molar-refractivity contribution < 1.29 is 4.79 Å². The number of halogens is 1. The predicted octanol–water partition coefficient (Wildman–Crippen LogP) is 3.82. The zero-order chi connectivity index (χ0) is 13.2. The van der Waals surface area contributed by atoms with E-state index in [2.05, 4.69) is 11.4 Å². The molecule has 1 saturated carbocycles. The van der Waals surface area contributed by atoms with Gasteiger partial charge in [0, 0.05) is 22.0 Å². The molecule has 2 aliphatic rings. The van der Waals surface area contributed by atoms with Crippen LogP contribution in [-0.4, -0.2) is 23.1 Å². The Morgan fingerprint density at radius 1 is 1.32 bits per heavy atom. The molecule has 1 fully saturated rings. The normalized spacial score (nSPS) is 26.8. The van der Waals surface area contributed by atoms with Crippen molar-refractivity contribution in [3.05, 3.63) is 21.4 Å². The molecule has 0 unspecified atom stereocenters. The van der Waals surface area contributed by atoms with Gasteiger partial charge in [-0.05, 0) is 49.5 Å².